The molecule has 1 unspecified atom stereocenters. The Hall–Kier alpha value is -1.62. The van der Waals surface area contributed by atoms with E-state index in [2.05, 4.69) is 10.3 Å². The van der Waals surface area contributed by atoms with E-state index in [9.17, 15) is 4.79 Å². The first-order valence-electron chi connectivity index (χ1n) is 4.66. The summed E-state index contributed by atoms with van der Waals surface area (Å²) in [5, 5.41) is 2.69. The van der Waals surface area contributed by atoms with Gasteiger partial charge in [0.2, 0.25) is 11.8 Å². The molecule has 0 radical (unpaired) electrons. The van der Waals surface area contributed by atoms with E-state index < -0.39 is 6.04 Å². The second-order valence-electron chi connectivity index (χ2n) is 3.18. The molecule has 0 spiro atoms. The van der Waals surface area contributed by atoms with Gasteiger partial charge in [0.05, 0.1) is 13.2 Å². The maximum atomic E-state index is 11.2. The topological polar surface area (TPSA) is 77.2 Å². The van der Waals surface area contributed by atoms with Crippen LogP contribution in [0.15, 0.2) is 18.3 Å². The van der Waals surface area contributed by atoms with Crippen molar-refractivity contribution in [1.29, 1.82) is 0 Å². The predicted molar refractivity (Wildman–Crippen MR) is 56.3 cm³/mol. The lowest BCUT2D eigenvalue weighted by atomic mass is 10.2. The van der Waals surface area contributed by atoms with Gasteiger partial charge in [-0.2, -0.15) is 0 Å². The third-order valence-electron chi connectivity index (χ3n) is 1.91. The molecule has 1 atom stereocenters. The number of amides is 1. The molecule has 0 aliphatic carbocycles. The molecule has 0 aromatic carbocycles. The van der Waals surface area contributed by atoms with Crippen LogP contribution in [-0.4, -0.2) is 24.0 Å². The molecular weight excluding hydrogens is 194 g/mol. The zero-order valence-electron chi connectivity index (χ0n) is 8.86. The first kappa shape index (κ1) is 11.5. The van der Waals surface area contributed by atoms with Crippen molar-refractivity contribution in [2.75, 3.05) is 7.11 Å². The molecule has 0 fully saturated rings. The van der Waals surface area contributed by atoms with E-state index in [0.717, 1.165) is 5.56 Å². The Balaban J connectivity index is 2.61. The minimum Gasteiger partial charge on any atom is -0.481 e. The largest absolute Gasteiger partial charge is 0.481 e. The van der Waals surface area contributed by atoms with Gasteiger partial charge in [0.25, 0.3) is 0 Å². The lowest BCUT2D eigenvalue weighted by molar-refractivity contribution is -0.122. The van der Waals surface area contributed by atoms with Crippen molar-refractivity contribution >= 4 is 5.91 Å². The molecule has 1 aromatic rings. The van der Waals surface area contributed by atoms with Crippen molar-refractivity contribution in [2.45, 2.75) is 19.5 Å². The highest BCUT2D eigenvalue weighted by Crippen LogP contribution is 2.12. The van der Waals surface area contributed by atoms with Gasteiger partial charge in [0.15, 0.2) is 0 Å². The number of carbonyl (C=O) groups is 1. The van der Waals surface area contributed by atoms with Crippen molar-refractivity contribution in [3.63, 3.8) is 0 Å². The number of pyridine rings is 1. The third kappa shape index (κ3) is 3.21. The Labute approximate surface area is 88.6 Å². The van der Waals surface area contributed by atoms with Crippen molar-refractivity contribution in [1.82, 2.24) is 10.3 Å². The van der Waals surface area contributed by atoms with Gasteiger partial charge < -0.3 is 15.8 Å². The first-order chi connectivity index (χ1) is 7.15. The maximum Gasteiger partial charge on any atom is 0.236 e. The molecule has 15 heavy (non-hydrogen) atoms. The summed E-state index contributed by atoms with van der Waals surface area (Å²) < 4.78 is 5.04. The molecule has 1 rings (SSSR count). The normalized spacial score (nSPS) is 11.9. The average molecular weight is 209 g/mol. The Morgan fingerprint density at radius 3 is 3.07 bits per heavy atom. The van der Waals surface area contributed by atoms with Gasteiger partial charge in [0, 0.05) is 18.3 Å². The molecule has 1 aromatic heterocycles. The van der Waals surface area contributed by atoms with Crippen LogP contribution in [0.2, 0.25) is 0 Å². The van der Waals surface area contributed by atoms with Crippen molar-refractivity contribution in [2.24, 2.45) is 5.73 Å². The molecule has 82 valence electrons. The number of hydrogen-bond donors (Lipinski definition) is 2. The summed E-state index contributed by atoms with van der Waals surface area (Å²) in [7, 11) is 1.54. The van der Waals surface area contributed by atoms with Crippen LogP contribution >= 0.6 is 0 Å². The smallest absolute Gasteiger partial charge is 0.236 e. The molecular formula is C10H15N3O2. The van der Waals surface area contributed by atoms with E-state index in [1.807, 2.05) is 6.07 Å². The second-order valence-corrected chi connectivity index (χ2v) is 3.18. The summed E-state index contributed by atoms with van der Waals surface area (Å²) in [6, 6.07) is 3.12. The van der Waals surface area contributed by atoms with Gasteiger partial charge >= 0.3 is 0 Å². The number of rotatable bonds is 4. The number of hydrogen-bond acceptors (Lipinski definition) is 4. The van der Waals surface area contributed by atoms with Gasteiger partial charge in [0.1, 0.15) is 0 Å². The van der Waals surface area contributed by atoms with E-state index >= 15 is 0 Å². The Morgan fingerprint density at radius 1 is 1.73 bits per heavy atom. The van der Waals surface area contributed by atoms with Crippen LogP contribution in [0, 0.1) is 0 Å². The second kappa shape index (κ2) is 5.31. The van der Waals surface area contributed by atoms with Crippen LogP contribution in [-0.2, 0) is 11.3 Å². The Morgan fingerprint density at radius 2 is 2.47 bits per heavy atom. The van der Waals surface area contributed by atoms with Crippen LogP contribution in [0.1, 0.15) is 12.5 Å². The Bertz CT molecular complexity index is 339. The fourth-order valence-electron chi connectivity index (χ4n) is 1.09. The molecule has 5 heteroatoms. The minimum atomic E-state index is -0.507. The van der Waals surface area contributed by atoms with Gasteiger partial charge in [-0.3, -0.25) is 4.79 Å². The number of ether oxygens (including phenoxy) is 1. The maximum absolute atomic E-state index is 11.2. The van der Waals surface area contributed by atoms with E-state index in [1.54, 1.807) is 26.3 Å². The monoisotopic (exact) mass is 209 g/mol. The fourth-order valence-corrected chi connectivity index (χ4v) is 1.09. The number of nitrogens with one attached hydrogen (secondary N) is 1. The summed E-state index contributed by atoms with van der Waals surface area (Å²) in [6.45, 7) is 2.01. The Kier molecular flexibility index (Phi) is 4.05. The lowest BCUT2D eigenvalue weighted by Crippen LogP contribution is -2.37. The molecule has 0 saturated carbocycles. The molecule has 1 amide bonds. The first-order valence-corrected chi connectivity index (χ1v) is 4.66. The summed E-state index contributed by atoms with van der Waals surface area (Å²) in [5.41, 5.74) is 6.24. The van der Waals surface area contributed by atoms with E-state index in [1.165, 1.54) is 0 Å². The van der Waals surface area contributed by atoms with Crippen molar-refractivity contribution in [3.05, 3.63) is 23.9 Å². The van der Waals surface area contributed by atoms with E-state index in [4.69, 9.17) is 10.5 Å². The van der Waals surface area contributed by atoms with Gasteiger partial charge in [-0.15, -0.1) is 0 Å². The van der Waals surface area contributed by atoms with E-state index in [0.29, 0.717) is 12.4 Å². The molecule has 0 aliphatic rings. The summed E-state index contributed by atoms with van der Waals surface area (Å²) in [6.07, 6.45) is 1.63. The van der Waals surface area contributed by atoms with Gasteiger partial charge in [-0.1, -0.05) is 6.07 Å². The number of nitrogens with zero attached hydrogens (tertiary/aromatic N) is 1. The van der Waals surface area contributed by atoms with E-state index in [-0.39, 0.29) is 5.91 Å². The van der Waals surface area contributed by atoms with Crippen LogP contribution in [0.25, 0.3) is 0 Å². The zero-order chi connectivity index (χ0) is 11.3. The van der Waals surface area contributed by atoms with Crippen molar-refractivity contribution < 1.29 is 9.53 Å². The molecule has 1 heterocycles. The van der Waals surface area contributed by atoms with Crippen LogP contribution in [0.5, 0.6) is 5.88 Å². The average Bonchev–Trinajstić information content (AvgIpc) is 2.26. The van der Waals surface area contributed by atoms with Gasteiger partial charge in [-0.05, 0) is 13.0 Å². The number of nitrogens with two attached hydrogens (primary N) is 1. The molecule has 3 N–H and O–H groups in total. The highest BCUT2D eigenvalue weighted by Gasteiger charge is 2.08. The molecule has 5 nitrogen and oxygen atoms in total. The number of aromatic nitrogens is 1. The lowest BCUT2D eigenvalue weighted by Gasteiger charge is -2.09. The highest BCUT2D eigenvalue weighted by atomic mass is 16.5. The fraction of sp³-hybridized carbons (Fsp3) is 0.400. The molecule has 0 aliphatic heterocycles. The zero-order valence-corrected chi connectivity index (χ0v) is 8.86. The highest BCUT2D eigenvalue weighted by molar-refractivity contribution is 5.80. The van der Waals surface area contributed by atoms with Crippen LogP contribution < -0.4 is 15.8 Å². The van der Waals surface area contributed by atoms with Crippen LogP contribution in [0.3, 0.4) is 0 Å². The van der Waals surface area contributed by atoms with Crippen molar-refractivity contribution in [3.8, 4) is 5.88 Å². The number of methoxy groups -OCH3 is 1. The molecule has 0 bridgehead atoms. The summed E-state index contributed by atoms with van der Waals surface area (Å²) in [4.78, 5) is 15.2. The number of carbonyl (C=O) groups excluding carboxylic acids is 1. The standard InChI is InChI=1S/C10H15N3O2/c1-7(11)9(14)13-6-8-4-3-5-12-10(8)15-2/h3-5,7H,6,11H2,1-2H3,(H,13,14). The predicted octanol–water partition coefficient (Wildman–Crippen LogP) is 0.0536. The quantitative estimate of drug-likeness (QED) is 0.734. The summed E-state index contributed by atoms with van der Waals surface area (Å²) in [5.74, 6) is 0.323. The summed E-state index contributed by atoms with van der Waals surface area (Å²) >= 11 is 0. The molecule has 0 saturated heterocycles. The van der Waals surface area contributed by atoms with Gasteiger partial charge in [-0.25, -0.2) is 4.98 Å². The minimum absolute atomic E-state index is 0.194. The third-order valence-corrected chi connectivity index (χ3v) is 1.91. The van der Waals surface area contributed by atoms with Crippen LogP contribution in [0.4, 0.5) is 0 Å². The SMILES string of the molecule is COc1ncccc1CNC(=O)C(C)N.